The molecule has 0 unspecified atom stereocenters. The highest BCUT2D eigenvalue weighted by Gasteiger charge is 2.24. The van der Waals surface area contributed by atoms with E-state index in [2.05, 4.69) is 20.4 Å². The highest BCUT2D eigenvalue weighted by atomic mass is 19.3. The first kappa shape index (κ1) is 20.6. The molecule has 160 valence electrons. The number of nitrogens with one attached hydrogen (secondary N) is 1. The maximum absolute atomic E-state index is 12.9. The maximum Gasteiger partial charge on any atom is 0.242 e. The summed E-state index contributed by atoms with van der Waals surface area (Å²) in [6.45, 7) is 4.81. The van der Waals surface area contributed by atoms with Crippen molar-refractivity contribution in [1.29, 1.82) is 0 Å². The van der Waals surface area contributed by atoms with Crippen LogP contribution in [0.5, 0.6) is 0 Å². The molecule has 0 amide bonds. The fourth-order valence-electron chi connectivity index (χ4n) is 3.73. The average molecular weight is 417 g/mol. The number of hydrogen-bond acceptors (Lipinski definition) is 6. The van der Waals surface area contributed by atoms with Gasteiger partial charge in [-0.25, -0.2) is 18.3 Å². The highest BCUT2D eigenvalue weighted by Crippen LogP contribution is 2.27. The van der Waals surface area contributed by atoms with Gasteiger partial charge in [-0.3, -0.25) is 4.98 Å². The Balaban J connectivity index is 1.68. The third kappa shape index (κ3) is 4.27. The molecule has 1 aliphatic rings. The summed E-state index contributed by atoms with van der Waals surface area (Å²) in [5, 5.41) is 17.8. The van der Waals surface area contributed by atoms with E-state index >= 15 is 0 Å². The van der Waals surface area contributed by atoms with Crippen LogP contribution in [-0.2, 0) is 11.2 Å². The van der Waals surface area contributed by atoms with Crippen molar-refractivity contribution in [2.75, 3.05) is 18.5 Å². The molecule has 4 rings (SSSR count). The Bertz CT molecular complexity index is 1020. The summed E-state index contributed by atoms with van der Waals surface area (Å²) >= 11 is 0. The van der Waals surface area contributed by atoms with Crippen LogP contribution in [0.2, 0.25) is 0 Å². The van der Waals surface area contributed by atoms with Crippen molar-refractivity contribution in [2.45, 2.75) is 51.2 Å². The Labute approximate surface area is 173 Å². The number of aliphatic hydroxyl groups excluding tert-OH is 1. The number of nitrogens with zero attached hydrogens (tertiary/aromatic N) is 4. The molecule has 0 saturated carbocycles. The fourth-order valence-corrected chi connectivity index (χ4v) is 3.73. The van der Waals surface area contributed by atoms with Crippen LogP contribution >= 0.6 is 0 Å². The summed E-state index contributed by atoms with van der Waals surface area (Å²) in [5.74, 6) is 0.484. The van der Waals surface area contributed by atoms with E-state index in [-0.39, 0.29) is 25.0 Å². The van der Waals surface area contributed by atoms with Gasteiger partial charge in [-0.15, -0.1) is 5.10 Å². The zero-order valence-corrected chi connectivity index (χ0v) is 16.9. The van der Waals surface area contributed by atoms with Gasteiger partial charge in [0.2, 0.25) is 12.4 Å². The summed E-state index contributed by atoms with van der Waals surface area (Å²) in [6.07, 6.45) is 0.547. The van der Waals surface area contributed by atoms with Crippen molar-refractivity contribution in [3.8, 4) is 11.4 Å². The van der Waals surface area contributed by atoms with Crippen molar-refractivity contribution in [2.24, 2.45) is 0 Å². The van der Waals surface area contributed by atoms with Crippen LogP contribution in [0.15, 0.2) is 30.6 Å². The van der Waals surface area contributed by atoms with E-state index in [0.29, 0.717) is 30.2 Å². The maximum atomic E-state index is 12.9. The van der Waals surface area contributed by atoms with Gasteiger partial charge in [0.15, 0.2) is 0 Å². The lowest BCUT2D eigenvalue weighted by Gasteiger charge is -2.28. The summed E-state index contributed by atoms with van der Waals surface area (Å²) in [5.41, 5.74) is 3.61. The summed E-state index contributed by atoms with van der Waals surface area (Å²) < 4.78 is 32.8. The van der Waals surface area contributed by atoms with Crippen molar-refractivity contribution in [1.82, 2.24) is 19.6 Å². The fraction of sp³-hybridized carbons (Fsp3) is 0.476. The van der Waals surface area contributed by atoms with Gasteiger partial charge in [0.05, 0.1) is 41.9 Å². The van der Waals surface area contributed by atoms with Crippen LogP contribution in [0.1, 0.15) is 37.3 Å². The van der Waals surface area contributed by atoms with E-state index in [4.69, 9.17) is 4.74 Å². The predicted molar refractivity (Wildman–Crippen MR) is 109 cm³/mol. The predicted octanol–water partition coefficient (Wildman–Crippen LogP) is 3.28. The molecule has 3 aromatic rings. The Morgan fingerprint density at radius 1 is 1.27 bits per heavy atom. The summed E-state index contributed by atoms with van der Waals surface area (Å²) in [7, 11) is 0. The van der Waals surface area contributed by atoms with Gasteiger partial charge in [-0.1, -0.05) is 13.8 Å². The molecule has 0 aromatic carbocycles. The average Bonchev–Trinajstić information content (AvgIpc) is 3.13. The number of halogens is 2. The number of fused-ring (bicyclic) bond motifs is 1. The SMILES string of the molecule is CC(C)c1cc(-c2ccc3cnc(N[C@@H]4CCOC[C@H]4O)nn23)ncc1CC(F)F. The molecule has 1 aliphatic heterocycles. The van der Waals surface area contributed by atoms with E-state index in [1.54, 1.807) is 10.7 Å². The molecular formula is C21H25F2N5O2. The van der Waals surface area contributed by atoms with Crippen LogP contribution in [0.3, 0.4) is 0 Å². The minimum atomic E-state index is -2.41. The Morgan fingerprint density at radius 3 is 2.83 bits per heavy atom. The summed E-state index contributed by atoms with van der Waals surface area (Å²) in [6, 6.07) is 5.44. The molecule has 9 heteroatoms. The number of anilines is 1. The second-order valence-electron chi connectivity index (χ2n) is 7.84. The van der Waals surface area contributed by atoms with E-state index < -0.39 is 12.5 Å². The molecule has 0 spiro atoms. The van der Waals surface area contributed by atoms with Gasteiger partial charge >= 0.3 is 0 Å². The molecule has 0 aliphatic carbocycles. The Hall–Kier alpha value is -2.65. The molecular weight excluding hydrogens is 392 g/mol. The summed E-state index contributed by atoms with van der Waals surface area (Å²) in [4.78, 5) is 8.77. The van der Waals surface area contributed by atoms with E-state index in [0.717, 1.165) is 16.8 Å². The molecule has 7 nitrogen and oxygen atoms in total. The van der Waals surface area contributed by atoms with Gasteiger partial charge in [0.1, 0.15) is 0 Å². The molecule has 1 fully saturated rings. The van der Waals surface area contributed by atoms with Gasteiger partial charge in [0.25, 0.3) is 0 Å². The van der Waals surface area contributed by atoms with Crippen molar-refractivity contribution < 1.29 is 18.6 Å². The molecule has 4 heterocycles. The molecule has 3 aromatic heterocycles. The van der Waals surface area contributed by atoms with E-state index in [1.165, 1.54) is 6.20 Å². The smallest absolute Gasteiger partial charge is 0.242 e. The zero-order chi connectivity index (χ0) is 21.3. The van der Waals surface area contributed by atoms with Gasteiger partial charge in [-0.2, -0.15) is 0 Å². The van der Waals surface area contributed by atoms with Gasteiger partial charge < -0.3 is 15.2 Å². The number of hydrogen-bond donors (Lipinski definition) is 2. The van der Waals surface area contributed by atoms with Crippen LogP contribution in [0.25, 0.3) is 16.9 Å². The number of pyridine rings is 1. The van der Waals surface area contributed by atoms with Crippen LogP contribution in [0.4, 0.5) is 14.7 Å². The van der Waals surface area contributed by atoms with Gasteiger partial charge in [-0.05, 0) is 41.7 Å². The molecule has 0 bridgehead atoms. The monoisotopic (exact) mass is 417 g/mol. The molecule has 2 atom stereocenters. The van der Waals surface area contributed by atoms with E-state index in [1.807, 2.05) is 32.0 Å². The van der Waals surface area contributed by atoms with Gasteiger partial charge in [0, 0.05) is 19.2 Å². The standard InChI is InChI=1S/C21H25F2N5O2/c1-12(2)15-8-17(24-9-13(15)7-20(22)23)18-4-3-14-10-25-21(27-28(14)18)26-16-5-6-30-11-19(16)29/h3-4,8-10,12,16,19-20,29H,5-7,11H2,1-2H3,(H,26,27)/t16-,19-/m1/s1. The Morgan fingerprint density at radius 2 is 2.10 bits per heavy atom. The molecule has 30 heavy (non-hydrogen) atoms. The number of aliphatic hydroxyl groups is 1. The van der Waals surface area contributed by atoms with Crippen LogP contribution < -0.4 is 5.32 Å². The first-order valence-electron chi connectivity index (χ1n) is 10.1. The van der Waals surface area contributed by atoms with Crippen molar-refractivity contribution in [3.05, 3.63) is 41.7 Å². The topological polar surface area (TPSA) is 84.6 Å². The zero-order valence-electron chi connectivity index (χ0n) is 16.9. The first-order chi connectivity index (χ1) is 14.4. The van der Waals surface area contributed by atoms with Crippen LogP contribution in [-0.4, -0.2) is 56.5 Å². The Kier molecular flexibility index (Phi) is 5.92. The minimum absolute atomic E-state index is 0.0913. The number of alkyl halides is 2. The molecule has 2 N–H and O–H groups in total. The van der Waals surface area contributed by atoms with Crippen molar-refractivity contribution >= 4 is 11.5 Å². The number of rotatable bonds is 6. The lowest BCUT2D eigenvalue weighted by molar-refractivity contribution is -0.0136. The number of ether oxygens (including phenoxy) is 1. The largest absolute Gasteiger partial charge is 0.389 e. The minimum Gasteiger partial charge on any atom is -0.389 e. The van der Waals surface area contributed by atoms with Crippen molar-refractivity contribution in [3.63, 3.8) is 0 Å². The van der Waals surface area contributed by atoms with E-state index in [9.17, 15) is 13.9 Å². The lowest BCUT2D eigenvalue weighted by Crippen LogP contribution is -2.42. The molecule has 1 saturated heterocycles. The first-order valence-corrected chi connectivity index (χ1v) is 10.1. The molecule has 0 radical (unpaired) electrons. The normalized spacial score (nSPS) is 19.7. The number of aromatic nitrogens is 4. The second-order valence-corrected chi connectivity index (χ2v) is 7.84. The third-order valence-electron chi connectivity index (χ3n) is 5.32. The van der Waals surface area contributed by atoms with Crippen LogP contribution in [0, 0.1) is 0 Å². The second kappa shape index (κ2) is 8.61. The highest BCUT2D eigenvalue weighted by molar-refractivity contribution is 5.64. The quantitative estimate of drug-likeness (QED) is 0.640. The lowest BCUT2D eigenvalue weighted by atomic mass is 9.96. The third-order valence-corrected chi connectivity index (χ3v) is 5.32.